The first-order valence-corrected chi connectivity index (χ1v) is 8.10. The van der Waals surface area contributed by atoms with Crippen LogP contribution in [-0.4, -0.2) is 18.2 Å². The van der Waals surface area contributed by atoms with Crippen LogP contribution in [0.25, 0.3) is 11.3 Å². The summed E-state index contributed by atoms with van der Waals surface area (Å²) < 4.78 is 11.4. The Morgan fingerprint density at radius 2 is 2.00 bits per heavy atom. The number of amides is 1. The third-order valence-corrected chi connectivity index (χ3v) is 4.12. The fourth-order valence-electron chi connectivity index (χ4n) is 2.31. The molecule has 24 heavy (non-hydrogen) atoms. The summed E-state index contributed by atoms with van der Waals surface area (Å²) in [5.41, 5.74) is 1.98. The van der Waals surface area contributed by atoms with Crippen molar-refractivity contribution in [2.45, 2.75) is 6.54 Å². The van der Waals surface area contributed by atoms with Gasteiger partial charge in [0.1, 0.15) is 5.75 Å². The topological polar surface area (TPSA) is 64.4 Å². The molecule has 0 spiro atoms. The molecule has 0 atom stereocenters. The van der Waals surface area contributed by atoms with Gasteiger partial charge in [0, 0.05) is 23.7 Å². The quantitative estimate of drug-likeness (QED) is 0.718. The van der Waals surface area contributed by atoms with Gasteiger partial charge >= 0.3 is 0 Å². The van der Waals surface area contributed by atoms with Crippen LogP contribution in [0.4, 0.5) is 0 Å². The van der Waals surface area contributed by atoms with Crippen molar-refractivity contribution in [1.82, 2.24) is 10.5 Å². The van der Waals surface area contributed by atoms with Crippen molar-refractivity contribution in [2.75, 3.05) is 7.11 Å². The second-order valence-electron chi connectivity index (χ2n) is 5.06. The molecular formula is C18H15BrN2O3. The average Bonchev–Trinajstić information content (AvgIpc) is 3.10. The molecule has 2 aromatic carbocycles. The number of hydrogen-bond acceptors (Lipinski definition) is 4. The molecule has 0 aliphatic heterocycles. The Morgan fingerprint density at radius 3 is 2.75 bits per heavy atom. The van der Waals surface area contributed by atoms with Crippen LogP contribution >= 0.6 is 15.9 Å². The van der Waals surface area contributed by atoms with Crippen LogP contribution in [0.5, 0.6) is 5.75 Å². The van der Waals surface area contributed by atoms with Gasteiger partial charge in [-0.25, -0.2) is 0 Å². The van der Waals surface area contributed by atoms with Gasteiger partial charge in [0.2, 0.25) is 0 Å². The third-order valence-electron chi connectivity index (χ3n) is 3.49. The first kappa shape index (κ1) is 16.3. The molecule has 0 saturated carbocycles. The van der Waals surface area contributed by atoms with E-state index in [1.54, 1.807) is 13.2 Å². The summed E-state index contributed by atoms with van der Waals surface area (Å²) in [4.78, 5) is 12.3. The number of halogens is 1. The lowest BCUT2D eigenvalue weighted by molar-refractivity contribution is 0.0941. The van der Waals surface area contributed by atoms with Crippen LogP contribution in [-0.2, 0) is 6.54 Å². The normalized spacial score (nSPS) is 10.4. The minimum absolute atomic E-state index is 0.239. The maximum Gasteiger partial charge on any atom is 0.273 e. The van der Waals surface area contributed by atoms with Crippen molar-refractivity contribution in [2.24, 2.45) is 0 Å². The number of carbonyl (C=O) groups is 1. The standard InChI is InChI=1S/C18H15BrN2O3/c1-23-17-13(8-5-9-14(17)19)11-20-18(22)15-10-16(24-21-15)12-6-3-2-4-7-12/h2-10H,11H2,1H3,(H,20,22). The van der Waals surface area contributed by atoms with Crippen LogP contribution < -0.4 is 10.1 Å². The fraction of sp³-hybridized carbons (Fsp3) is 0.111. The largest absolute Gasteiger partial charge is 0.495 e. The summed E-state index contributed by atoms with van der Waals surface area (Å²) >= 11 is 3.42. The van der Waals surface area contributed by atoms with Crippen molar-refractivity contribution in [3.63, 3.8) is 0 Å². The molecule has 0 bridgehead atoms. The molecule has 5 nitrogen and oxygen atoms in total. The Balaban J connectivity index is 1.70. The van der Waals surface area contributed by atoms with Gasteiger partial charge in [-0.2, -0.15) is 0 Å². The molecular weight excluding hydrogens is 372 g/mol. The van der Waals surface area contributed by atoms with Crippen LogP contribution in [0.2, 0.25) is 0 Å². The fourth-order valence-corrected chi connectivity index (χ4v) is 2.88. The van der Waals surface area contributed by atoms with Crippen molar-refractivity contribution in [1.29, 1.82) is 0 Å². The molecule has 1 amide bonds. The zero-order valence-electron chi connectivity index (χ0n) is 13.0. The Hall–Kier alpha value is -2.60. The Labute approximate surface area is 147 Å². The van der Waals surface area contributed by atoms with Crippen molar-refractivity contribution in [3.8, 4) is 17.1 Å². The van der Waals surface area contributed by atoms with E-state index >= 15 is 0 Å². The molecule has 0 fully saturated rings. The number of aromatic nitrogens is 1. The molecule has 3 rings (SSSR count). The van der Waals surface area contributed by atoms with Gasteiger partial charge in [-0.05, 0) is 22.0 Å². The lowest BCUT2D eigenvalue weighted by Gasteiger charge is -2.10. The predicted octanol–water partition coefficient (Wildman–Crippen LogP) is 4.04. The van der Waals surface area contributed by atoms with Gasteiger partial charge in [-0.1, -0.05) is 47.6 Å². The molecule has 0 aliphatic carbocycles. The van der Waals surface area contributed by atoms with Crippen molar-refractivity contribution < 1.29 is 14.1 Å². The predicted molar refractivity (Wildman–Crippen MR) is 93.8 cm³/mol. The van der Waals surface area contributed by atoms with E-state index in [0.29, 0.717) is 18.1 Å². The maximum absolute atomic E-state index is 12.3. The van der Waals surface area contributed by atoms with Gasteiger partial charge < -0.3 is 14.6 Å². The van der Waals surface area contributed by atoms with Crippen LogP contribution in [0.1, 0.15) is 16.1 Å². The van der Waals surface area contributed by atoms with Crippen LogP contribution in [0, 0.1) is 0 Å². The van der Waals surface area contributed by atoms with E-state index in [2.05, 4.69) is 26.4 Å². The molecule has 6 heteroatoms. The highest BCUT2D eigenvalue weighted by molar-refractivity contribution is 9.10. The first-order valence-electron chi connectivity index (χ1n) is 7.30. The van der Waals surface area contributed by atoms with E-state index in [4.69, 9.17) is 9.26 Å². The number of benzene rings is 2. The molecule has 0 saturated heterocycles. The van der Waals surface area contributed by atoms with Crippen LogP contribution in [0.15, 0.2) is 63.6 Å². The number of ether oxygens (including phenoxy) is 1. The van der Waals surface area contributed by atoms with Crippen molar-refractivity contribution >= 4 is 21.8 Å². The maximum atomic E-state index is 12.3. The first-order chi connectivity index (χ1) is 11.7. The second kappa shape index (κ2) is 7.31. The summed E-state index contributed by atoms with van der Waals surface area (Å²) in [5, 5.41) is 6.66. The molecule has 122 valence electrons. The molecule has 0 radical (unpaired) electrons. The van der Waals surface area contributed by atoms with E-state index < -0.39 is 0 Å². The number of nitrogens with zero attached hydrogens (tertiary/aromatic N) is 1. The van der Waals surface area contributed by atoms with Gasteiger partial charge in [-0.3, -0.25) is 4.79 Å². The van der Waals surface area contributed by atoms with E-state index in [0.717, 1.165) is 15.6 Å². The van der Waals surface area contributed by atoms with Gasteiger partial charge in [-0.15, -0.1) is 0 Å². The summed E-state index contributed by atoms with van der Waals surface area (Å²) in [6.07, 6.45) is 0. The van der Waals surface area contributed by atoms with Crippen LogP contribution in [0.3, 0.4) is 0 Å². The number of rotatable bonds is 5. The number of para-hydroxylation sites is 1. The summed E-state index contributed by atoms with van der Waals surface area (Å²) in [6.45, 7) is 0.328. The highest BCUT2D eigenvalue weighted by Gasteiger charge is 2.14. The Bertz CT molecular complexity index is 846. The third kappa shape index (κ3) is 3.49. The molecule has 1 heterocycles. The molecule has 3 aromatic rings. The second-order valence-corrected chi connectivity index (χ2v) is 5.91. The van der Waals surface area contributed by atoms with Gasteiger partial charge in [0.25, 0.3) is 5.91 Å². The lowest BCUT2D eigenvalue weighted by atomic mass is 10.1. The average molecular weight is 387 g/mol. The van der Waals surface area contributed by atoms with Gasteiger partial charge in [0.15, 0.2) is 11.5 Å². The number of hydrogen-bond donors (Lipinski definition) is 1. The smallest absolute Gasteiger partial charge is 0.273 e. The summed E-state index contributed by atoms with van der Waals surface area (Å²) in [6, 6.07) is 16.8. The van der Waals surface area contributed by atoms with Crippen molar-refractivity contribution in [3.05, 3.63) is 70.3 Å². The minimum Gasteiger partial charge on any atom is -0.495 e. The highest BCUT2D eigenvalue weighted by atomic mass is 79.9. The Kier molecular flexibility index (Phi) is 4.96. The zero-order chi connectivity index (χ0) is 16.9. The number of carbonyl (C=O) groups excluding carboxylic acids is 1. The van der Waals surface area contributed by atoms with E-state index in [-0.39, 0.29) is 11.6 Å². The molecule has 1 N–H and O–H groups in total. The minimum atomic E-state index is -0.303. The van der Waals surface area contributed by atoms with Gasteiger partial charge in [0.05, 0.1) is 11.6 Å². The lowest BCUT2D eigenvalue weighted by Crippen LogP contribution is -2.23. The highest BCUT2D eigenvalue weighted by Crippen LogP contribution is 2.28. The molecule has 0 unspecified atom stereocenters. The summed E-state index contributed by atoms with van der Waals surface area (Å²) in [5.74, 6) is 0.951. The number of nitrogens with one attached hydrogen (secondary N) is 1. The summed E-state index contributed by atoms with van der Waals surface area (Å²) in [7, 11) is 1.59. The van der Waals surface area contributed by atoms with E-state index in [9.17, 15) is 4.79 Å². The number of methoxy groups -OCH3 is 1. The Morgan fingerprint density at radius 1 is 1.21 bits per heavy atom. The van der Waals surface area contributed by atoms with E-state index in [1.165, 1.54) is 0 Å². The monoisotopic (exact) mass is 386 g/mol. The molecule has 1 aromatic heterocycles. The SMILES string of the molecule is COc1c(Br)cccc1CNC(=O)c1cc(-c2ccccc2)on1. The zero-order valence-corrected chi connectivity index (χ0v) is 14.5. The van der Waals surface area contributed by atoms with E-state index in [1.807, 2.05) is 48.5 Å². The molecule has 0 aliphatic rings.